The first-order valence-corrected chi connectivity index (χ1v) is 8.16. The molecule has 1 aromatic heterocycles. The van der Waals surface area contributed by atoms with E-state index in [0.717, 1.165) is 5.56 Å². The Morgan fingerprint density at radius 2 is 2.09 bits per heavy atom. The number of halogens is 2. The van der Waals surface area contributed by atoms with E-state index in [-0.39, 0.29) is 11.2 Å². The first kappa shape index (κ1) is 15.3. The number of pyridine rings is 1. The van der Waals surface area contributed by atoms with Gasteiger partial charge in [0.15, 0.2) is 11.0 Å². The summed E-state index contributed by atoms with van der Waals surface area (Å²) in [5.41, 5.74) is 0.959. The second kappa shape index (κ2) is 6.69. The molecule has 1 aliphatic heterocycles. The second-order valence-corrected chi connectivity index (χ2v) is 6.66. The molecule has 2 heterocycles. The maximum atomic E-state index is 12.0. The normalized spacial score (nSPS) is 19.5. The van der Waals surface area contributed by atoms with Crippen molar-refractivity contribution in [1.82, 2.24) is 10.3 Å². The van der Waals surface area contributed by atoms with Crippen LogP contribution in [0.4, 0.5) is 5.82 Å². The Kier molecular flexibility index (Phi) is 4.66. The maximum absolute atomic E-state index is 12.0. The van der Waals surface area contributed by atoms with Gasteiger partial charge in [-0.3, -0.25) is 4.79 Å². The molecule has 0 bridgehead atoms. The molecule has 3 rings (SSSR count). The van der Waals surface area contributed by atoms with Gasteiger partial charge in [-0.2, -0.15) is 0 Å². The van der Waals surface area contributed by atoms with E-state index in [9.17, 15) is 4.79 Å². The van der Waals surface area contributed by atoms with Crippen LogP contribution in [0.5, 0.6) is 0 Å². The lowest BCUT2D eigenvalue weighted by Crippen LogP contribution is -2.25. The van der Waals surface area contributed by atoms with Crippen LogP contribution in [-0.2, 0) is 11.2 Å². The average molecular weight is 352 g/mol. The molecule has 4 nitrogen and oxygen atoms in total. The molecule has 22 heavy (non-hydrogen) atoms. The van der Waals surface area contributed by atoms with Gasteiger partial charge in [-0.05, 0) is 36.2 Å². The zero-order valence-corrected chi connectivity index (χ0v) is 13.6. The number of amides is 1. The Balaban J connectivity index is 1.72. The van der Waals surface area contributed by atoms with Crippen molar-refractivity contribution in [1.29, 1.82) is 0 Å². The highest BCUT2D eigenvalue weighted by atomic mass is 35.5. The summed E-state index contributed by atoms with van der Waals surface area (Å²) < 4.78 is 0. The van der Waals surface area contributed by atoms with Gasteiger partial charge in [0.05, 0.1) is 15.3 Å². The number of carbonyl (C=O) groups excluding carboxylic acids is 1. The molecule has 1 fully saturated rings. The van der Waals surface area contributed by atoms with Crippen LogP contribution in [0.3, 0.4) is 0 Å². The number of hydrogen-bond acceptors (Lipinski definition) is 4. The molecule has 0 aliphatic carbocycles. The van der Waals surface area contributed by atoms with Gasteiger partial charge in [0, 0.05) is 6.20 Å². The van der Waals surface area contributed by atoms with Gasteiger partial charge < -0.3 is 5.32 Å². The minimum absolute atomic E-state index is 0.0641. The highest BCUT2D eigenvalue weighted by Crippen LogP contribution is 2.28. The van der Waals surface area contributed by atoms with Crippen molar-refractivity contribution in [3.8, 4) is 0 Å². The lowest BCUT2D eigenvalue weighted by atomic mass is 10.1. The van der Waals surface area contributed by atoms with E-state index in [1.165, 1.54) is 11.8 Å². The number of amidine groups is 1. The van der Waals surface area contributed by atoms with E-state index >= 15 is 0 Å². The third kappa shape index (κ3) is 3.61. The van der Waals surface area contributed by atoms with Crippen molar-refractivity contribution >= 4 is 51.9 Å². The number of thioether (sulfide) groups is 1. The Bertz CT molecular complexity index is 737. The quantitative estimate of drug-likeness (QED) is 0.913. The van der Waals surface area contributed by atoms with E-state index in [4.69, 9.17) is 23.2 Å². The topological polar surface area (TPSA) is 54.4 Å². The summed E-state index contributed by atoms with van der Waals surface area (Å²) in [6.45, 7) is 0. The smallest absolute Gasteiger partial charge is 0.239 e. The van der Waals surface area contributed by atoms with Crippen LogP contribution in [0.2, 0.25) is 10.0 Å². The summed E-state index contributed by atoms with van der Waals surface area (Å²) in [5, 5.41) is 4.10. The molecule has 7 heteroatoms. The standard InChI is InChI=1S/C15H11Cl2N3OS/c16-10-5-4-9(7-11(10)17)8-12-14(21)20-15(22-12)19-13-3-1-2-6-18-13/h1-7,12H,8H2,(H,18,19,20,21). The molecule has 1 unspecified atom stereocenters. The zero-order chi connectivity index (χ0) is 15.5. The molecule has 112 valence electrons. The van der Waals surface area contributed by atoms with Gasteiger partial charge in [-0.1, -0.05) is 47.1 Å². The van der Waals surface area contributed by atoms with E-state index in [2.05, 4.69) is 15.3 Å². The van der Waals surface area contributed by atoms with Crippen LogP contribution < -0.4 is 5.32 Å². The predicted octanol–water partition coefficient (Wildman–Crippen LogP) is 3.85. The Labute approximate surface area is 141 Å². The number of nitrogens with zero attached hydrogens (tertiary/aromatic N) is 2. The van der Waals surface area contributed by atoms with Gasteiger partial charge >= 0.3 is 0 Å². The molecular weight excluding hydrogens is 341 g/mol. The van der Waals surface area contributed by atoms with E-state index in [1.807, 2.05) is 18.2 Å². The molecule has 0 saturated carbocycles. The van der Waals surface area contributed by atoms with Crippen LogP contribution in [-0.4, -0.2) is 21.3 Å². The fourth-order valence-electron chi connectivity index (χ4n) is 2.00. The molecule has 1 aliphatic rings. The van der Waals surface area contributed by atoms with Crippen molar-refractivity contribution in [2.45, 2.75) is 11.7 Å². The summed E-state index contributed by atoms with van der Waals surface area (Å²) in [6, 6.07) is 10.8. The summed E-state index contributed by atoms with van der Waals surface area (Å²) >= 11 is 13.3. The van der Waals surface area contributed by atoms with Gasteiger partial charge in [0.1, 0.15) is 0 Å². The number of aromatic nitrogens is 1. The van der Waals surface area contributed by atoms with Crippen LogP contribution in [0, 0.1) is 0 Å². The monoisotopic (exact) mass is 351 g/mol. The van der Waals surface area contributed by atoms with Crippen LogP contribution in [0.1, 0.15) is 5.56 Å². The van der Waals surface area contributed by atoms with Crippen molar-refractivity contribution in [2.24, 2.45) is 4.99 Å². The van der Waals surface area contributed by atoms with Crippen LogP contribution in [0.25, 0.3) is 0 Å². The lowest BCUT2D eigenvalue weighted by molar-refractivity contribution is -0.118. The van der Waals surface area contributed by atoms with Gasteiger partial charge in [0.25, 0.3) is 0 Å². The SMILES string of the molecule is O=C1N/C(=N/c2ccccn2)SC1Cc1ccc(Cl)c(Cl)c1. The number of hydrogen-bond donors (Lipinski definition) is 1. The Morgan fingerprint density at radius 1 is 1.23 bits per heavy atom. The van der Waals surface area contributed by atoms with E-state index < -0.39 is 0 Å². The average Bonchev–Trinajstić information content (AvgIpc) is 2.84. The molecule has 1 aromatic carbocycles. The number of rotatable bonds is 3. The minimum atomic E-state index is -0.236. The van der Waals surface area contributed by atoms with Crippen LogP contribution in [0.15, 0.2) is 47.6 Å². The summed E-state index contributed by atoms with van der Waals surface area (Å²) in [4.78, 5) is 20.5. The van der Waals surface area contributed by atoms with Crippen molar-refractivity contribution < 1.29 is 4.79 Å². The van der Waals surface area contributed by atoms with Crippen molar-refractivity contribution in [2.75, 3.05) is 0 Å². The molecule has 0 radical (unpaired) electrons. The first-order valence-electron chi connectivity index (χ1n) is 6.53. The van der Waals surface area contributed by atoms with Gasteiger partial charge in [0.2, 0.25) is 5.91 Å². The van der Waals surface area contributed by atoms with Gasteiger partial charge in [-0.25, -0.2) is 9.98 Å². The zero-order valence-electron chi connectivity index (χ0n) is 11.3. The van der Waals surface area contributed by atoms with Crippen molar-refractivity contribution in [3.63, 3.8) is 0 Å². The lowest BCUT2D eigenvalue weighted by Gasteiger charge is -2.06. The number of carbonyl (C=O) groups is 1. The third-order valence-electron chi connectivity index (χ3n) is 3.05. The largest absolute Gasteiger partial charge is 0.304 e. The fourth-order valence-corrected chi connectivity index (χ4v) is 3.33. The number of benzene rings is 1. The molecule has 1 N–H and O–H groups in total. The fraction of sp³-hybridized carbons (Fsp3) is 0.133. The number of aliphatic imine (C=N–C) groups is 1. The molecule has 1 atom stereocenters. The molecular formula is C15H11Cl2N3OS. The van der Waals surface area contributed by atoms with Crippen LogP contribution >= 0.6 is 35.0 Å². The molecule has 2 aromatic rings. The predicted molar refractivity (Wildman–Crippen MR) is 91.0 cm³/mol. The maximum Gasteiger partial charge on any atom is 0.239 e. The third-order valence-corrected chi connectivity index (χ3v) is 4.87. The van der Waals surface area contributed by atoms with Crippen molar-refractivity contribution in [3.05, 3.63) is 58.2 Å². The first-order chi connectivity index (χ1) is 10.6. The molecule has 1 amide bonds. The summed E-state index contributed by atoms with van der Waals surface area (Å²) in [6.07, 6.45) is 2.22. The second-order valence-electron chi connectivity index (χ2n) is 4.65. The Hall–Kier alpha value is -1.56. The number of nitrogens with one attached hydrogen (secondary N) is 1. The summed E-state index contributed by atoms with van der Waals surface area (Å²) in [5.74, 6) is 0.506. The highest BCUT2D eigenvalue weighted by molar-refractivity contribution is 8.15. The van der Waals surface area contributed by atoms with E-state index in [1.54, 1.807) is 24.4 Å². The summed E-state index contributed by atoms with van der Waals surface area (Å²) in [7, 11) is 0. The van der Waals surface area contributed by atoms with Gasteiger partial charge in [-0.15, -0.1) is 0 Å². The highest BCUT2D eigenvalue weighted by Gasteiger charge is 2.30. The molecule has 1 saturated heterocycles. The minimum Gasteiger partial charge on any atom is -0.304 e. The Morgan fingerprint density at radius 3 is 2.82 bits per heavy atom. The molecule has 0 spiro atoms. The van der Waals surface area contributed by atoms with E-state index in [0.29, 0.717) is 27.5 Å².